The van der Waals surface area contributed by atoms with Crippen molar-refractivity contribution in [1.82, 2.24) is 14.0 Å². The highest BCUT2D eigenvalue weighted by Gasteiger charge is 2.27. The average molecular weight is 265 g/mol. The van der Waals surface area contributed by atoms with Crippen LogP contribution < -0.4 is 5.69 Å². The van der Waals surface area contributed by atoms with Crippen molar-refractivity contribution in [3.05, 3.63) is 22.9 Å². The second-order valence-electron chi connectivity index (χ2n) is 5.95. The van der Waals surface area contributed by atoms with Crippen LogP contribution in [0.2, 0.25) is 0 Å². The smallest absolute Gasteiger partial charge is 0.328 e. The van der Waals surface area contributed by atoms with Crippen LogP contribution >= 0.6 is 0 Å². The topological polar surface area (TPSA) is 39.4 Å². The van der Waals surface area contributed by atoms with Gasteiger partial charge in [0.05, 0.1) is 19.3 Å². The van der Waals surface area contributed by atoms with E-state index in [0.717, 1.165) is 32.5 Å². The van der Waals surface area contributed by atoms with Crippen LogP contribution in [0, 0.1) is 0 Å². The molecule has 0 aromatic carbocycles. The molecule has 1 saturated heterocycles. The lowest BCUT2D eigenvalue weighted by atomic mass is 10.2. The van der Waals surface area contributed by atoms with E-state index in [1.807, 2.05) is 17.0 Å². The van der Waals surface area contributed by atoms with Gasteiger partial charge in [0.15, 0.2) is 0 Å². The van der Waals surface area contributed by atoms with E-state index in [1.165, 1.54) is 0 Å². The zero-order chi connectivity index (χ0) is 13.4. The number of aromatic nitrogens is 2. The molecule has 2 fully saturated rings. The third kappa shape index (κ3) is 2.77. The summed E-state index contributed by atoms with van der Waals surface area (Å²) in [6.45, 7) is 7.75. The number of imidazole rings is 1. The summed E-state index contributed by atoms with van der Waals surface area (Å²) in [6, 6.07) is 0.993. The van der Waals surface area contributed by atoms with Crippen LogP contribution in [0.5, 0.6) is 0 Å². The maximum atomic E-state index is 12.2. The van der Waals surface area contributed by atoms with Gasteiger partial charge >= 0.3 is 5.69 Å². The minimum Gasteiger partial charge on any atom is -0.374 e. The molecule has 5 nitrogen and oxygen atoms in total. The molecule has 5 heteroatoms. The van der Waals surface area contributed by atoms with Crippen LogP contribution in [0.4, 0.5) is 0 Å². The molecule has 0 bridgehead atoms. The fourth-order valence-corrected chi connectivity index (χ4v) is 2.74. The van der Waals surface area contributed by atoms with Gasteiger partial charge < -0.3 is 4.74 Å². The van der Waals surface area contributed by atoms with Crippen LogP contribution in [0.25, 0.3) is 0 Å². The molecule has 1 aliphatic carbocycles. The molecule has 106 valence electrons. The Morgan fingerprint density at radius 2 is 2.16 bits per heavy atom. The molecule has 2 heterocycles. The Kier molecular flexibility index (Phi) is 3.50. The van der Waals surface area contributed by atoms with Gasteiger partial charge in [-0.3, -0.25) is 14.0 Å². The summed E-state index contributed by atoms with van der Waals surface area (Å²) in [5, 5.41) is 0. The first-order chi connectivity index (χ1) is 9.15. The fourth-order valence-electron chi connectivity index (χ4n) is 2.74. The molecule has 19 heavy (non-hydrogen) atoms. The number of morpholine rings is 1. The highest BCUT2D eigenvalue weighted by molar-refractivity contribution is 4.92. The Labute approximate surface area is 113 Å². The molecule has 1 aliphatic heterocycles. The quantitative estimate of drug-likeness (QED) is 0.818. The van der Waals surface area contributed by atoms with Crippen LogP contribution in [0.15, 0.2) is 17.2 Å². The molecular weight excluding hydrogens is 242 g/mol. The van der Waals surface area contributed by atoms with E-state index in [0.29, 0.717) is 18.6 Å². The zero-order valence-electron chi connectivity index (χ0n) is 11.8. The first kappa shape index (κ1) is 12.9. The number of hydrogen-bond acceptors (Lipinski definition) is 3. The maximum Gasteiger partial charge on any atom is 0.328 e. The van der Waals surface area contributed by atoms with Gasteiger partial charge in [0.2, 0.25) is 0 Å². The Morgan fingerprint density at radius 1 is 1.37 bits per heavy atom. The predicted octanol–water partition coefficient (Wildman–Crippen LogP) is 1.09. The minimum absolute atomic E-state index is 0.118. The molecule has 0 N–H and O–H groups in total. The molecule has 0 radical (unpaired) electrons. The molecule has 1 atom stereocenters. The SMILES string of the molecule is CC(C)N1CCOC(Cn2ccn(C3CC3)c2=O)C1. The van der Waals surface area contributed by atoms with Crippen molar-refractivity contribution in [1.29, 1.82) is 0 Å². The lowest BCUT2D eigenvalue weighted by Crippen LogP contribution is -2.47. The second-order valence-corrected chi connectivity index (χ2v) is 5.95. The molecule has 0 amide bonds. The molecule has 0 spiro atoms. The normalized spacial score (nSPS) is 25.1. The van der Waals surface area contributed by atoms with Gasteiger partial charge in [-0.05, 0) is 26.7 Å². The van der Waals surface area contributed by atoms with Crippen molar-refractivity contribution in [2.75, 3.05) is 19.7 Å². The monoisotopic (exact) mass is 265 g/mol. The summed E-state index contributed by atoms with van der Waals surface area (Å²) < 4.78 is 9.45. The van der Waals surface area contributed by atoms with Gasteiger partial charge in [-0.25, -0.2) is 4.79 Å². The number of hydrogen-bond donors (Lipinski definition) is 0. The summed E-state index contributed by atoms with van der Waals surface area (Å²) in [4.78, 5) is 14.6. The zero-order valence-corrected chi connectivity index (χ0v) is 11.8. The molecule has 1 saturated carbocycles. The number of nitrogens with zero attached hydrogens (tertiary/aromatic N) is 3. The van der Waals surface area contributed by atoms with E-state index in [-0.39, 0.29) is 11.8 Å². The van der Waals surface area contributed by atoms with E-state index in [4.69, 9.17) is 4.74 Å². The van der Waals surface area contributed by atoms with Gasteiger partial charge in [0, 0.05) is 37.6 Å². The van der Waals surface area contributed by atoms with Crippen molar-refractivity contribution in [2.24, 2.45) is 0 Å². The van der Waals surface area contributed by atoms with Gasteiger partial charge in [-0.1, -0.05) is 0 Å². The van der Waals surface area contributed by atoms with Crippen LogP contribution in [-0.2, 0) is 11.3 Å². The van der Waals surface area contributed by atoms with Gasteiger partial charge in [0.1, 0.15) is 0 Å². The van der Waals surface area contributed by atoms with Gasteiger partial charge in [-0.2, -0.15) is 0 Å². The highest BCUT2D eigenvalue weighted by Crippen LogP contribution is 2.33. The molecule has 1 aromatic rings. The molecular formula is C14H23N3O2. The van der Waals surface area contributed by atoms with Gasteiger partial charge in [-0.15, -0.1) is 0 Å². The Morgan fingerprint density at radius 3 is 2.84 bits per heavy atom. The molecule has 3 rings (SSSR count). The summed E-state index contributed by atoms with van der Waals surface area (Å²) in [6.07, 6.45) is 6.24. The maximum absolute atomic E-state index is 12.2. The van der Waals surface area contributed by atoms with Crippen molar-refractivity contribution in [2.45, 2.75) is 51.4 Å². The summed E-state index contributed by atoms with van der Waals surface area (Å²) >= 11 is 0. The third-order valence-corrected chi connectivity index (χ3v) is 4.11. The number of rotatable bonds is 4. The van der Waals surface area contributed by atoms with Crippen LogP contribution in [-0.4, -0.2) is 45.9 Å². The van der Waals surface area contributed by atoms with E-state index >= 15 is 0 Å². The van der Waals surface area contributed by atoms with Crippen molar-refractivity contribution < 1.29 is 4.74 Å². The van der Waals surface area contributed by atoms with Crippen molar-refractivity contribution >= 4 is 0 Å². The first-order valence-corrected chi connectivity index (χ1v) is 7.28. The second kappa shape index (κ2) is 5.13. The lowest BCUT2D eigenvalue weighted by molar-refractivity contribution is -0.0460. The Balaban J connectivity index is 1.66. The average Bonchev–Trinajstić information content (AvgIpc) is 3.17. The molecule has 1 aromatic heterocycles. The summed E-state index contributed by atoms with van der Waals surface area (Å²) in [7, 11) is 0. The van der Waals surface area contributed by atoms with Crippen molar-refractivity contribution in [3.63, 3.8) is 0 Å². The summed E-state index contributed by atoms with van der Waals surface area (Å²) in [5.41, 5.74) is 0.118. The Hall–Kier alpha value is -1.07. The van der Waals surface area contributed by atoms with Crippen LogP contribution in [0.1, 0.15) is 32.7 Å². The lowest BCUT2D eigenvalue weighted by Gasteiger charge is -2.35. The number of ether oxygens (including phenoxy) is 1. The summed E-state index contributed by atoms with van der Waals surface area (Å²) in [5.74, 6) is 0. The predicted molar refractivity (Wildman–Crippen MR) is 73.4 cm³/mol. The molecule has 1 unspecified atom stereocenters. The van der Waals surface area contributed by atoms with Crippen LogP contribution in [0.3, 0.4) is 0 Å². The van der Waals surface area contributed by atoms with Crippen molar-refractivity contribution in [3.8, 4) is 0 Å². The van der Waals surface area contributed by atoms with Gasteiger partial charge in [0.25, 0.3) is 0 Å². The Bertz CT molecular complexity index is 487. The van der Waals surface area contributed by atoms with E-state index in [1.54, 1.807) is 4.57 Å². The van der Waals surface area contributed by atoms with E-state index in [9.17, 15) is 4.79 Å². The van der Waals surface area contributed by atoms with E-state index < -0.39 is 0 Å². The minimum atomic E-state index is 0.118. The standard InChI is InChI=1S/C14H23N3O2/c1-11(2)15-7-8-19-13(9-15)10-16-5-6-17(14(16)18)12-3-4-12/h5-6,11-13H,3-4,7-10H2,1-2H3. The first-order valence-electron chi connectivity index (χ1n) is 7.28. The third-order valence-electron chi connectivity index (χ3n) is 4.11. The molecule has 2 aliphatic rings. The largest absolute Gasteiger partial charge is 0.374 e. The highest BCUT2D eigenvalue weighted by atomic mass is 16.5. The van der Waals surface area contributed by atoms with E-state index in [2.05, 4.69) is 18.7 Å². The fraction of sp³-hybridized carbons (Fsp3) is 0.786.